The number of carboxylic acids is 1. The highest BCUT2D eigenvalue weighted by Gasteiger charge is 2.24. The number of hydrogen-bond acceptors (Lipinski definition) is 2. The van der Waals surface area contributed by atoms with Crippen molar-refractivity contribution in [2.24, 2.45) is 5.92 Å². The maximum Gasteiger partial charge on any atom is 0.310 e. The Morgan fingerprint density at radius 2 is 2.27 bits per heavy atom. The SMILES string of the molecule is C#CCCC(=O)NC1C=CC(C(=O)O)C1. The van der Waals surface area contributed by atoms with E-state index < -0.39 is 11.9 Å². The molecule has 1 amide bonds. The lowest BCUT2D eigenvalue weighted by molar-refractivity contribution is -0.140. The highest BCUT2D eigenvalue weighted by Crippen LogP contribution is 2.17. The van der Waals surface area contributed by atoms with Gasteiger partial charge in [0, 0.05) is 18.9 Å². The van der Waals surface area contributed by atoms with Gasteiger partial charge in [0.25, 0.3) is 0 Å². The van der Waals surface area contributed by atoms with E-state index in [1.54, 1.807) is 12.2 Å². The summed E-state index contributed by atoms with van der Waals surface area (Å²) < 4.78 is 0. The molecule has 0 saturated heterocycles. The third-order valence-electron chi connectivity index (χ3n) is 2.24. The molecular weight excluding hydrogens is 194 g/mol. The van der Waals surface area contributed by atoms with Gasteiger partial charge in [-0.1, -0.05) is 12.2 Å². The van der Waals surface area contributed by atoms with Crippen LogP contribution in [0.3, 0.4) is 0 Å². The molecule has 15 heavy (non-hydrogen) atoms. The number of carbonyl (C=O) groups excluding carboxylic acids is 1. The summed E-state index contributed by atoms with van der Waals surface area (Å²) in [7, 11) is 0. The van der Waals surface area contributed by atoms with E-state index in [2.05, 4.69) is 11.2 Å². The van der Waals surface area contributed by atoms with Crippen LogP contribution < -0.4 is 5.32 Å². The monoisotopic (exact) mass is 207 g/mol. The quantitative estimate of drug-likeness (QED) is 0.522. The Morgan fingerprint density at radius 1 is 1.53 bits per heavy atom. The first-order valence-electron chi connectivity index (χ1n) is 4.77. The lowest BCUT2D eigenvalue weighted by Crippen LogP contribution is -2.33. The van der Waals surface area contributed by atoms with Gasteiger partial charge in [-0.25, -0.2) is 0 Å². The first kappa shape index (κ1) is 11.3. The van der Waals surface area contributed by atoms with Gasteiger partial charge < -0.3 is 10.4 Å². The van der Waals surface area contributed by atoms with E-state index in [4.69, 9.17) is 11.5 Å². The third-order valence-corrected chi connectivity index (χ3v) is 2.24. The van der Waals surface area contributed by atoms with Gasteiger partial charge in [-0.3, -0.25) is 9.59 Å². The van der Waals surface area contributed by atoms with Crippen molar-refractivity contribution in [2.45, 2.75) is 25.3 Å². The van der Waals surface area contributed by atoms with E-state index in [9.17, 15) is 9.59 Å². The topological polar surface area (TPSA) is 66.4 Å². The van der Waals surface area contributed by atoms with Crippen LogP contribution in [-0.2, 0) is 9.59 Å². The number of amides is 1. The number of hydrogen-bond donors (Lipinski definition) is 2. The molecule has 4 nitrogen and oxygen atoms in total. The largest absolute Gasteiger partial charge is 0.481 e. The van der Waals surface area contributed by atoms with Crippen LogP contribution in [-0.4, -0.2) is 23.0 Å². The molecular formula is C11H13NO3. The summed E-state index contributed by atoms with van der Waals surface area (Å²) in [4.78, 5) is 21.9. The lowest BCUT2D eigenvalue weighted by Gasteiger charge is -2.11. The van der Waals surface area contributed by atoms with E-state index in [0.717, 1.165) is 0 Å². The summed E-state index contributed by atoms with van der Waals surface area (Å²) in [5.41, 5.74) is 0. The Balaban J connectivity index is 2.31. The number of aliphatic carboxylic acids is 1. The third kappa shape index (κ3) is 3.47. The highest BCUT2D eigenvalue weighted by atomic mass is 16.4. The zero-order valence-electron chi connectivity index (χ0n) is 8.27. The molecule has 1 aliphatic rings. The van der Waals surface area contributed by atoms with Crippen LogP contribution in [0.4, 0.5) is 0 Å². The van der Waals surface area contributed by atoms with Gasteiger partial charge in [0.2, 0.25) is 5.91 Å². The second-order valence-electron chi connectivity index (χ2n) is 3.44. The van der Waals surface area contributed by atoms with Crippen LogP contribution in [0.1, 0.15) is 19.3 Å². The molecule has 0 saturated carbocycles. The van der Waals surface area contributed by atoms with Crippen LogP contribution in [0, 0.1) is 18.3 Å². The minimum atomic E-state index is -0.855. The van der Waals surface area contributed by atoms with E-state index >= 15 is 0 Å². The summed E-state index contributed by atoms with van der Waals surface area (Å²) in [5.74, 6) is 0.908. The van der Waals surface area contributed by atoms with Crippen molar-refractivity contribution in [3.05, 3.63) is 12.2 Å². The second kappa shape index (κ2) is 5.20. The number of nitrogens with one attached hydrogen (secondary N) is 1. The van der Waals surface area contributed by atoms with Gasteiger partial charge in [-0.05, 0) is 6.42 Å². The van der Waals surface area contributed by atoms with Crippen molar-refractivity contribution in [2.75, 3.05) is 0 Å². The molecule has 2 atom stereocenters. The molecule has 0 bridgehead atoms. The Labute approximate surface area is 88.4 Å². The van der Waals surface area contributed by atoms with Crippen molar-refractivity contribution in [3.63, 3.8) is 0 Å². The van der Waals surface area contributed by atoms with Gasteiger partial charge in [-0.15, -0.1) is 12.3 Å². The molecule has 1 aliphatic carbocycles. The summed E-state index contributed by atoms with van der Waals surface area (Å²) in [5, 5.41) is 11.4. The van der Waals surface area contributed by atoms with Crippen molar-refractivity contribution in [1.82, 2.24) is 5.32 Å². The molecule has 1 rings (SSSR count). The fourth-order valence-electron chi connectivity index (χ4n) is 1.45. The molecule has 80 valence electrons. The fourth-order valence-corrected chi connectivity index (χ4v) is 1.45. The smallest absolute Gasteiger partial charge is 0.310 e. The predicted octanol–water partition coefficient (Wildman–Crippen LogP) is 0.545. The minimum Gasteiger partial charge on any atom is -0.481 e. The summed E-state index contributed by atoms with van der Waals surface area (Å²) >= 11 is 0. The normalized spacial score (nSPS) is 23.4. The summed E-state index contributed by atoms with van der Waals surface area (Å²) in [6.45, 7) is 0. The van der Waals surface area contributed by atoms with Crippen molar-refractivity contribution in [1.29, 1.82) is 0 Å². The maximum atomic E-state index is 11.2. The first-order valence-corrected chi connectivity index (χ1v) is 4.77. The molecule has 0 heterocycles. The number of carbonyl (C=O) groups is 2. The van der Waals surface area contributed by atoms with Crippen LogP contribution in [0.5, 0.6) is 0 Å². The zero-order chi connectivity index (χ0) is 11.3. The van der Waals surface area contributed by atoms with E-state index in [0.29, 0.717) is 19.3 Å². The summed E-state index contributed by atoms with van der Waals surface area (Å²) in [6.07, 6.45) is 9.47. The van der Waals surface area contributed by atoms with E-state index in [-0.39, 0.29) is 11.9 Å². The Hall–Kier alpha value is -1.76. The van der Waals surface area contributed by atoms with Crippen molar-refractivity contribution in [3.8, 4) is 12.3 Å². The molecule has 2 unspecified atom stereocenters. The molecule has 0 aromatic carbocycles. The van der Waals surface area contributed by atoms with Gasteiger partial charge in [-0.2, -0.15) is 0 Å². The number of carboxylic acid groups (broad SMARTS) is 1. The average Bonchev–Trinajstić information content (AvgIpc) is 2.63. The van der Waals surface area contributed by atoms with Crippen LogP contribution in [0.25, 0.3) is 0 Å². The predicted molar refractivity (Wildman–Crippen MR) is 54.9 cm³/mol. The van der Waals surface area contributed by atoms with Crippen molar-refractivity contribution >= 4 is 11.9 Å². The molecule has 0 radical (unpaired) electrons. The van der Waals surface area contributed by atoms with Crippen LogP contribution >= 0.6 is 0 Å². The van der Waals surface area contributed by atoms with Gasteiger partial charge in [0.15, 0.2) is 0 Å². The molecule has 0 aromatic heterocycles. The standard InChI is InChI=1S/C11H13NO3/c1-2-3-4-10(13)12-9-6-5-8(7-9)11(14)15/h1,5-6,8-9H,3-4,7H2,(H,12,13)(H,14,15). The molecule has 0 aliphatic heterocycles. The fraction of sp³-hybridized carbons (Fsp3) is 0.455. The molecule has 0 spiro atoms. The molecule has 2 N–H and O–H groups in total. The van der Waals surface area contributed by atoms with Crippen molar-refractivity contribution < 1.29 is 14.7 Å². The average molecular weight is 207 g/mol. The number of rotatable bonds is 4. The minimum absolute atomic E-state index is 0.131. The molecule has 4 heteroatoms. The Morgan fingerprint density at radius 3 is 2.80 bits per heavy atom. The molecule has 0 aromatic rings. The lowest BCUT2D eigenvalue weighted by atomic mass is 10.1. The van der Waals surface area contributed by atoms with E-state index in [1.807, 2.05) is 0 Å². The first-order chi connectivity index (χ1) is 7.13. The zero-order valence-corrected chi connectivity index (χ0v) is 8.27. The maximum absolute atomic E-state index is 11.2. The molecule has 0 fully saturated rings. The Kier molecular flexibility index (Phi) is 3.92. The van der Waals surface area contributed by atoms with E-state index in [1.165, 1.54) is 0 Å². The highest BCUT2D eigenvalue weighted by molar-refractivity contribution is 5.77. The second-order valence-corrected chi connectivity index (χ2v) is 3.44. The van der Waals surface area contributed by atoms with Gasteiger partial charge >= 0.3 is 5.97 Å². The van der Waals surface area contributed by atoms with Gasteiger partial charge in [0.1, 0.15) is 0 Å². The van der Waals surface area contributed by atoms with Gasteiger partial charge in [0.05, 0.1) is 5.92 Å². The van der Waals surface area contributed by atoms with Crippen LogP contribution in [0.15, 0.2) is 12.2 Å². The Bertz CT molecular complexity index is 327. The summed E-state index contributed by atoms with van der Waals surface area (Å²) in [6, 6.07) is -0.170. The van der Waals surface area contributed by atoms with Crippen LogP contribution in [0.2, 0.25) is 0 Å². The number of terminal acetylenes is 1.